The molecule has 0 aromatic heterocycles. The van der Waals surface area contributed by atoms with Crippen LogP contribution in [-0.2, 0) is 0 Å². The number of hydrogen-bond donors (Lipinski definition) is 0. The molecule has 0 fully saturated rings. The molecule has 0 saturated heterocycles. The van der Waals surface area contributed by atoms with Crippen molar-refractivity contribution in [3.63, 3.8) is 0 Å². The van der Waals surface area contributed by atoms with E-state index in [-0.39, 0.29) is 10.0 Å². The summed E-state index contributed by atoms with van der Waals surface area (Å²) >= 11 is 2.90. The summed E-state index contributed by atoms with van der Waals surface area (Å²) in [6, 6.07) is 4.87. The molecule has 2 rings (SSSR count). The van der Waals surface area contributed by atoms with Crippen LogP contribution in [0.15, 0.2) is 28.7 Å². The maximum absolute atomic E-state index is 13.6. The molecular weight excluding hydrogens is 342 g/mol. The molecule has 102 valence electrons. The minimum atomic E-state index is -1.38. The van der Waals surface area contributed by atoms with Crippen LogP contribution in [-0.4, -0.2) is 0 Å². The summed E-state index contributed by atoms with van der Waals surface area (Å²) in [4.78, 5) is 0. The van der Waals surface area contributed by atoms with Gasteiger partial charge in [0.25, 0.3) is 0 Å². The zero-order valence-electron chi connectivity index (χ0n) is 9.55. The van der Waals surface area contributed by atoms with Crippen molar-refractivity contribution in [2.45, 2.75) is 0 Å². The number of rotatable bonds is 2. The van der Waals surface area contributed by atoms with Gasteiger partial charge in [0.1, 0.15) is 0 Å². The number of nitrogens with zero attached hydrogens (tertiary/aromatic N) is 1. The third-order valence-electron chi connectivity index (χ3n) is 2.30. The minimum absolute atomic E-state index is 0.140. The molecule has 2 aromatic carbocycles. The standard InChI is InChI=1S/C13H4BrF4NO/c14-7-3-8(15)12(18)11(4-7)20-13-9(16)1-6(5-19)2-10(13)17/h1-4H. The van der Waals surface area contributed by atoms with Crippen LogP contribution < -0.4 is 4.74 Å². The number of benzene rings is 2. The van der Waals surface area contributed by atoms with E-state index in [2.05, 4.69) is 15.9 Å². The highest BCUT2D eigenvalue weighted by Gasteiger charge is 2.18. The number of ether oxygens (including phenoxy) is 1. The number of nitriles is 1. The highest BCUT2D eigenvalue weighted by molar-refractivity contribution is 9.10. The Morgan fingerprint density at radius 3 is 2.10 bits per heavy atom. The molecule has 0 atom stereocenters. The summed E-state index contributed by atoms with van der Waals surface area (Å²) < 4.78 is 58.6. The Balaban J connectivity index is 2.49. The molecule has 0 unspecified atom stereocenters. The van der Waals surface area contributed by atoms with Crippen molar-refractivity contribution in [1.29, 1.82) is 5.26 Å². The Morgan fingerprint density at radius 2 is 1.55 bits per heavy atom. The second-order valence-electron chi connectivity index (χ2n) is 3.68. The fourth-order valence-electron chi connectivity index (χ4n) is 1.44. The molecule has 7 heteroatoms. The third-order valence-corrected chi connectivity index (χ3v) is 2.76. The molecule has 0 spiro atoms. The van der Waals surface area contributed by atoms with Crippen LogP contribution in [0.5, 0.6) is 11.5 Å². The highest BCUT2D eigenvalue weighted by Crippen LogP contribution is 2.33. The number of hydrogen-bond acceptors (Lipinski definition) is 2. The molecule has 0 heterocycles. The van der Waals surface area contributed by atoms with Gasteiger partial charge in [-0.2, -0.15) is 9.65 Å². The van der Waals surface area contributed by atoms with Crippen molar-refractivity contribution in [2.24, 2.45) is 0 Å². The van der Waals surface area contributed by atoms with E-state index in [1.807, 2.05) is 0 Å². The lowest BCUT2D eigenvalue weighted by Gasteiger charge is -2.10. The van der Waals surface area contributed by atoms with Gasteiger partial charge in [0.05, 0.1) is 11.6 Å². The number of halogens is 5. The van der Waals surface area contributed by atoms with Crippen molar-refractivity contribution in [1.82, 2.24) is 0 Å². The zero-order valence-corrected chi connectivity index (χ0v) is 11.1. The van der Waals surface area contributed by atoms with Crippen LogP contribution in [0, 0.1) is 34.6 Å². The first-order valence-corrected chi connectivity index (χ1v) is 5.93. The Morgan fingerprint density at radius 1 is 0.950 bits per heavy atom. The minimum Gasteiger partial charge on any atom is -0.448 e. The molecule has 0 aliphatic carbocycles. The molecule has 0 N–H and O–H groups in total. The summed E-state index contributed by atoms with van der Waals surface area (Å²) in [5.74, 6) is -6.59. The SMILES string of the molecule is N#Cc1cc(F)c(Oc2cc(Br)cc(F)c2F)c(F)c1. The van der Waals surface area contributed by atoms with Gasteiger partial charge in [-0.05, 0) is 24.3 Å². The first kappa shape index (κ1) is 14.3. The fraction of sp³-hybridized carbons (Fsp3) is 0. The van der Waals surface area contributed by atoms with Gasteiger partial charge in [0, 0.05) is 4.47 Å². The van der Waals surface area contributed by atoms with Crippen LogP contribution in [0.4, 0.5) is 17.6 Å². The summed E-state index contributed by atoms with van der Waals surface area (Å²) in [6.45, 7) is 0. The van der Waals surface area contributed by atoms with E-state index in [0.717, 1.165) is 24.3 Å². The van der Waals surface area contributed by atoms with E-state index >= 15 is 0 Å². The van der Waals surface area contributed by atoms with Gasteiger partial charge < -0.3 is 4.74 Å². The van der Waals surface area contributed by atoms with E-state index in [4.69, 9.17) is 10.00 Å². The smallest absolute Gasteiger partial charge is 0.201 e. The molecule has 2 aromatic rings. The maximum Gasteiger partial charge on any atom is 0.201 e. The predicted molar refractivity (Wildman–Crippen MR) is 65.2 cm³/mol. The molecule has 2 nitrogen and oxygen atoms in total. The van der Waals surface area contributed by atoms with E-state index in [1.54, 1.807) is 6.07 Å². The Labute approximate surface area is 119 Å². The van der Waals surface area contributed by atoms with Gasteiger partial charge in [-0.1, -0.05) is 15.9 Å². The third kappa shape index (κ3) is 2.75. The van der Waals surface area contributed by atoms with Crippen LogP contribution >= 0.6 is 15.9 Å². The van der Waals surface area contributed by atoms with E-state index in [0.29, 0.717) is 0 Å². The summed E-state index contributed by atoms with van der Waals surface area (Å²) in [5.41, 5.74) is -0.256. The van der Waals surface area contributed by atoms with E-state index in [9.17, 15) is 17.6 Å². The molecule has 0 amide bonds. The molecule has 0 aliphatic heterocycles. The molecule has 0 saturated carbocycles. The lowest BCUT2D eigenvalue weighted by atomic mass is 10.2. The van der Waals surface area contributed by atoms with E-state index in [1.165, 1.54) is 0 Å². The Hall–Kier alpha value is -2.07. The summed E-state index contributed by atoms with van der Waals surface area (Å²) in [7, 11) is 0. The monoisotopic (exact) mass is 345 g/mol. The molecule has 20 heavy (non-hydrogen) atoms. The second kappa shape index (κ2) is 5.51. The first-order chi connectivity index (χ1) is 9.42. The molecule has 0 radical (unpaired) electrons. The quantitative estimate of drug-likeness (QED) is 0.585. The lowest BCUT2D eigenvalue weighted by molar-refractivity contribution is 0.375. The zero-order chi connectivity index (χ0) is 14.9. The van der Waals surface area contributed by atoms with Crippen molar-refractivity contribution in [2.75, 3.05) is 0 Å². The topological polar surface area (TPSA) is 33.0 Å². The van der Waals surface area contributed by atoms with Crippen molar-refractivity contribution >= 4 is 15.9 Å². The van der Waals surface area contributed by atoms with Gasteiger partial charge in [-0.15, -0.1) is 0 Å². The average Bonchev–Trinajstić information content (AvgIpc) is 2.38. The van der Waals surface area contributed by atoms with Gasteiger partial charge in [0.15, 0.2) is 29.0 Å². The Bertz CT molecular complexity index is 704. The summed E-state index contributed by atoms with van der Waals surface area (Å²) in [6.07, 6.45) is 0. The molecule has 0 aliphatic rings. The van der Waals surface area contributed by atoms with Crippen LogP contribution in [0.2, 0.25) is 0 Å². The predicted octanol–water partition coefficient (Wildman–Crippen LogP) is 4.67. The van der Waals surface area contributed by atoms with Gasteiger partial charge in [0.2, 0.25) is 5.82 Å². The van der Waals surface area contributed by atoms with Crippen LogP contribution in [0.3, 0.4) is 0 Å². The van der Waals surface area contributed by atoms with Gasteiger partial charge in [-0.25, -0.2) is 13.2 Å². The Kier molecular flexibility index (Phi) is 3.95. The first-order valence-electron chi connectivity index (χ1n) is 5.14. The second-order valence-corrected chi connectivity index (χ2v) is 4.60. The van der Waals surface area contributed by atoms with Crippen LogP contribution in [0.25, 0.3) is 0 Å². The van der Waals surface area contributed by atoms with Crippen molar-refractivity contribution in [3.05, 3.63) is 57.6 Å². The fourth-order valence-corrected chi connectivity index (χ4v) is 1.85. The maximum atomic E-state index is 13.6. The van der Waals surface area contributed by atoms with Gasteiger partial charge in [-0.3, -0.25) is 0 Å². The normalized spacial score (nSPS) is 10.2. The molecular formula is C13H4BrF4NO. The van der Waals surface area contributed by atoms with Crippen LogP contribution in [0.1, 0.15) is 5.56 Å². The lowest BCUT2D eigenvalue weighted by Crippen LogP contribution is -1.97. The molecule has 0 bridgehead atoms. The average molecular weight is 346 g/mol. The van der Waals surface area contributed by atoms with Crippen molar-refractivity contribution in [3.8, 4) is 17.6 Å². The van der Waals surface area contributed by atoms with E-state index < -0.39 is 34.8 Å². The summed E-state index contributed by atoms with van der Waals surface area (Å²) in [5, 5.41) is 8.54. The van der Waals surface area contributed by atoms with Gasteiger partial charge >= 0.3 is 0 Å². The largest absolute Gasteiger partial charge is 0.448 e. The highest BCUT2D eigenvalue weighted by atomic mass is 79.9. The van der Waals surface area contributed by atoms with Crippen molar-refractivity contribution < 1.29 is 22.3 Å².